The Hall–Kier alpha value is -3.33. The Morgan fingerprint density at radius 1 is 0.925 bits per heavy atom. The molecule has 1 aromatic rings. The van der Waals surface area contributed by atoms with Gasteiger partial charge in [-0.2, -0.15) is 0 Å². The maximum absolute atomic E-state index is 12.7. The number of nitrogens with zero attached hydrogens (tertiary/aromatic N) is 1. The number of likely N-dealkylation sites (tertiary alicyclic amines) is 1. The third kappa shape index (κ3) is 7.05. The molecule has 2 fully saturated rings. The SMILES string of the molecule is COC(=O)C1=C(C)NC(C)=C(C(=O)OC)C1C1CCC(NC(=O)NCCCN2CCC(c3ccccc3)CC2)C1. The van der Waals surface area contributed by atoms with Crippen LogP contribution in [0.3, 0.4) is 0 Å². The molecule has 2 atom stereocenters. The van der Waals surface area contributed by atoms with Crippen molar-refractivity contribution >= 4 is 18.0 Å². The predicted octanol–water partition coefficient (Wildman–Crippen LogP) is 3.84. The molecule has 1 aromatic carbocycles. The van der Waals surface area contributed by atoms with Gasteiger partial charge in [-0.25, -0.2) is 14.4 Å². The summed E-state index contributed by atoms with van der Waals surface area (Å²) in [7, 11) is 2.69. The fourth-order valence-corrected chi connectivity index (χ4v) is 6.68. The normalized spacial score (nSPS) is 22.6. The third-order valence-corrected chi connectivity index (χ3v) is 8.69. The number of hydrogen-bond donors (Lipinski definition) is 3. The van der Waals surface area contributed by atoms with Crippen molar-refractivity contribution in [1.29, 1.82) is 0 Å². The van der Waals surface area contributed by atoms with E-state index in [2.05, 4.69) is 51.2 Å². The van der Waals surface area contributed by atoms with Gasteiger partial charge < -0.3 is 30.3 Å². The number of dihydropyridines is 1. The fourth-order valence-electron chi connectivity index (χ4n) is 6.68. The number of ether oxygens (including phenoxy) is 2. The number of nitrogens with one attached hydrogen (secondary N) is 3. The average Bonchev–Trinajstić information content (AvgIpc) is 3.43. The highest BCUT2D eigenvalue weighted by Gasteiger charge is 2.43. The Kier molecular flexibility index (Phi) is 10.3. The molecular formula is C31H44N4O5. The van der Waals surface area contributed by atoms with E-state index < -0.39 is 17.9 Å². The van der Waals surface area contributed by atoms with Crippen molar-refractivity contribution in [1.82, 2.24) is 20.9 Å². The Labute approximate surface area is 237 Å². The smallest absolute Gasteiger partial charge is 0.336 e. The molecule has 4 rings (SSSR count). The summed E-state index contributed by atoms with van der Waals surface area (Å²) < 4.78 is 10.1. The Morgan fingerprint density at radius 3 is 2.15 bits per heavy atom. The Balaban J connectivity index is 1.23. The van der Waals surface area contributed by atoms with Gasteiger partial charge in [-0.15, -0.1) is 0 Å². The Morgan fingerprint density at radius 2 is 1.55 bits per heavy atom. The second-order valence-corrected chi connectivity index (χ2v) is 11.2. The molecule has 40 heavy (non-hydrogen) atoms. The number of esters is 2. The molecule has 2 heterocycles. The number of amides is 2. The summed E-state index contributed by atoms with van der Waals surface area (Å²) in [6, 6.07) is 10.6. The predicted molar refractivity (Wildman–Crippen MR) is 153 cm³/mol. The minimum atomic E-state index is -0.456. The lowest BCUT2D eigenvalue weighted by atomic mass is 9.75. The highest BCUT2D eigenvalue weighted by molar-refractivity contribution is 5.97. The maximum atomic E-state index is 12.7. The van der Waals surface area contributed by atoms with E-state index >= 15 is 0 Å². The van der Waals surface area contributed by atoms with E-state index in [0.29, 0.717) is 41.4 Å². The van der Waals surface area contributed by atoms with E-state index in [0.717, 1.165) is 38.9 Å². The van der Waals surface area contributed by atoms with Crippen LogP contribution < -0.4 is 16.0 Å². The second-order valence-electron chi connectivity index (χ2n) is 11.2. The topological polar surface area (TPSA) is 109 Å². The molecule has 0 aromatic heterocycles. The van der Waals surface area contributed by atoms with Gasteiger partial charge >= 0.3 is 18.0 Å². The zero-order valence-corrected chi connectivity index (χ0v) is 24.3. The molecule has 1 saturated heterocycles. The molecule has 1 saturated carbocycles. The Bertz CT molecular complexity index is 1090. The van der Waals surface area contributed by atoms with Crippen molar-refractivity contribution < 1.29 is 23.9 Å². The average molecular weight is 553 g/mol. The molecule has 0 spiro atoms. The first-order valence-electron chi connectivity index (χ1n) is 14.5. The lowest BCUT2D eigenvalue weighted by Gasteiger charge is -2.33. The highest BCUT2D eigenvalue weighted by Crippen LogP contribution is 2.43. The quantitative estimate of drug-likeness (QED) is 0.316. The molecule has 1 aliphatic carbocycles. The number of rotatable bonds is 9. The number of carbonyl (C=O) groups excluding carboxylic acids is 3. The van der Waals surface area contributed by atoms with Crippen LogP contribution in [0.1, 0.15) is 63.9 Å². The van der Waals surface area contributed by atoms with E-state index in [4.69, 9.17) is 9.47 Å². The number of methoxy groups -OCH3 is 2. The van der Waals surface area contributed by atoms with E-state index in [9.17, 15) is 14.4 Å². The lowest BCUT2D eigenvalue weighted by molar-refractivity contribution is -0.138. The standard InChI is InChI=1S/C31H44N4O5/c1-20-26(29(36)39-3)28(27(21(2)33-20)30(37)40-4)24-11-12-25(19-24)34-31(38)32-15-8-16-35-17-13-23(14-18-35)22-9-6-5-7-10-22/h5-7,9-10,23-25,28,33H,8,11-19H2,1-4H3,(H2,32,34,38). The van der Waals surface area contributed by atoms with Crippen molar-refractivity contribution in [2.45, 2.75) is 64.3 Å². The van der Waals surface area contributed by atoms with Crippen molar-refractivity contribution in [3.05, 3.63) is 58.4 Å². The van der Waals surface area contributed by atoms with Gasteiger partial charge in [0.2, 0.25) is 0 Å². The molecule has 218 valence electrons. The van der Waals surface area contributed by atoms with Gasteiger partial charge in [0.25, 0.3) is 0 Å². The molecular weight excluding hydrogens is 508 g/mol. The monoisotopic (exact) mass is 552 g/mol. The summed E-state index contributed by atoms with van der Waals surface area (Å²) >= 11 is 0. The van der Waals surface area contributed by atoms with Crippen LogP contribution in [0.5, 0.6) is 0 Å². The first kappa shape index (κ1) is 29.6. The fraction of sp³-hybridized carbons (Fsp3) is 0.581. The van der Waals surface area contributed by atoms with Crippen LogP contribution >= 0.6 is 0 Å². The molecule has 2 unspecified atom stereocenters. The second kappa shape index (κ2) is 13.8. The van der Waals surface area contributed by atoms with Crippen molar-refractivity contribution in [2.75, 3.05) is 40.4 Å². The third-order valence-electron chi connectivity index (χ3n) is 8.69. The van der Waals surface area contributed by atoms with Gasteiger partial charge in [0.15, 0.2) is 0 Å². The van der Waals surface area contributed by atoms with Crippen LogP contribution in [-0.2, 0) is 19.1 Å². The summed E-state index contributed by atoms with van der Waals surface area (Å²) in [4.78, 5) is 40.6. The molecule has 0 radical (unpaired) electrons. The van der Waals surface area contributed by atoms with Crippen molar-refractivity contribution in [3.63, 3.8) is 0 Å². The molecule has 2 aliphatic heterocycles. The van der Waals surface area contributed by atoms with E-state index in [1.807, 2.05) is 13.8 Å². The van der Waals surface area contributed by atoms with Gasteiger partial charge in [0.05, 0.1) is 25.4 Å². The number of benzene rings is 1. The summed E-state index contributed by atoms with van der Waals surface area (Å²) in [5.41, 5.74) is 3.71. The molecule has 3 aliphatic rings. The van der Waals surface area contributed by atoms with Crippen LogP contribution in [0.2, 0.25) is 0 Å². The van der Waals surface area contributed by atoms with E-state index in [1.54, 1.807) is 0 Å². The number of urea groups is 1. The van der Waals surface area contributed by atoms with Crippen molar-refractivity contribution in [2.24, 2.45) is 11.8 Å². The number of hydrogen-bond acceptors (Lipinski definition) is 7. The number of piperidine rings is 1. The molecule has 3 N–H and O–H groups in total. The first-order valence-corrected chi connectivity index (χ1v) is 14.5. The van der Waals surface area contributed by atoms with Crippen LogP contribution in [0.4, 0.5) is 4.79 Å². The van der Waals surface area contributed by atoms with Crippen LogP contribution in [0.15, 0.2) is 52.9 Å². The molecule has 9 heteroatoms. The summed E-state index contributed by atoms with van der Waals surface area (Å²) in [6.45, 7) is 7.43. The van der Waals surface area contributed by atoms with E-state index in [-0.39, 0.29) is 18.0 Å². The lowest BCUT2D eigenvalue weighted by Crippen LogP contribution is -2.42. The van der Waals surface area contributed by atoms with Gasteiger partial charge in [-0.1, -0.05) is 30.3 Å². The number of allylic oxidation sites excluding steroid dienone is 2. The van der Waals surface area contributed by atoms with Crippen LogP contribution in [0, 0.1) is 11.8 Å². The number of carbonyl (C=O) groups is 3. The summed E-state index contributed by atoms with van der Waals surface area (Å²) in [6.07, 6.45) is 5.48. The van der Waals surface area contributed by atoms with Crippen LogP contribution in [0.25, 0.3) is 0 Å². The van der Waals surface area contributed by atoms with Gasteiger partial charge in [0, 0.05) is 29.9 Å². The van der Waals surface area contributed by atoms with Gasteiger partial charge in [-0.3, -0.25) is 0 Å². The van der Waals surface area contributed by atoms with E-state index in [1.165, 1.54) is 32.6 Å². The zero-order valence-electron chi connectivity index (χ0n) is 24.3. The zero-order chi connectivity index (χ0) is 28.6. The van der Waals surface area contributed by atoms with Gasteiger partial charge in [0.1, 0.15) is 0 Å². The highest BCUT2D eigenvalue weighted by atomic mass is 16.5. The van der Waals surface area contributed by atoms with Crippen LogP contribution in [-0.4, -0.2) is 69.3 Å². The maximum Gasteiger partial charge on any atom is 0.336 e. The summed E-state index contributed by atoms with van der Waals surface area (Å²) in [5, 5.41) is 9.26. The van der Waals surface area contributed by atoms with Crippen molar-refractivity contribution in [3.8, 4) is 0 Å². The molecule has 2 amide bonds. The largest absolute Gasteiger partial charge is 0.466 e. The molecule has 9 nitrogen and oxygen atoms in total. The van der Waals surface area contributed by atoms with Gasteiger partial charge in [-0.05, 0) is 89.4 Å². The minimum absolute atomic E-state index is 0.000636. The summed E-state index contributed by atoms with van der Waals surface area (Å²) in [5.74, 6) is -0.710. The minimum Gasteiger partial charge on any atom is -0.466 e. The molecule has 0 bridgehead atoms. The first-order chi connectivity index (χ1) is 19.3.